The highest BCUT2D eigenvalue weighted by atomic mass is 16.4. The van der Waals surface area contributed by atoms with Crippen LogP contribution in [0.4, 0.5) is 4.79 Å². The highest BCUT2D eigenvalue weighted by Crippen LogP contribution is 2.21. The zero-order valence-electron chi connectivity index (χ0n) is 13.4. The van der Waals surface area contributed by atoms with E-state index in [2.05, 4.69) is 22.6 Å². The maximum absolute atomic E-state index is 11.7. The molecule has 0 spiro atoms. The number of amides is 2. The average molecular weight is 299 g/mol. The van der Waals surface area contributed by atoms with Crippen molar-refractivity contribution in [3.8, 4) is 0 Å². The Labute approximate surface area is 127 Å². The van der Waals surface area contributed by atoms with Gasteiger partial charge in [-0.05, 0) is 25.8 Å². The summed E-state index contributed by atoms with van der Waals surface area (Å²) >= 11 is 0. The predicted octanol–water partition coefficient (Wildman–Crippen LogP) is 1.52. The van der Waals surface area contributed by atoms with E-state index in [0.717, 1.165) is 6.54 Å². The minimum absolute atomic E-state index is 0.00343. The van der Waals surface area contributed by atoms with Gasteiger partial charge in [-0.3, -0.25) is 4.79 Å². The maximum Gasteiger partial charge on any atom is 0.314 e. The molecular formula is C15H29N3O3. The lowest BCUT2D eigenvalue weighted by Gasteiger charge is -2.24. The van der Waals surface area contributed by atoms with Crippen molar-refractivity contribution in [2.75, 3.05) is 26.7 Å². The normalized spacial score (nSPS) is 17.2. The van der Waals surface area contributed by atoms with Gasteiger partial charge in [-0.15, -0.1) is 0 Å². The van der Waals surface area contributed by atoms with Crippen molar-refractivity contribution >= 4 is 12.0 Å². The van der Waals surface area contributed by atoms with E-state index in [1.807, 2.05) is 13.8 Å². The maximum atomic E-state index is 11.7. The van der Waals surface area contributed by atoms with Crippen molar-refractivity contribution in [2.45, 2.75) is 45.6 Å². The fourth-order valence-electron chi connectivity index (χ4n) is 2.75. The Morgan fingerprint density at radius 1 is 1.24 bits per heavy atom. The van der Waals surface area contributed by atoms with Crippen LogP contribution in [-0.2, 0) is 4.79 Å². The van der Waals surface area contributed by atoms with Crippen molar-refractivity contribution in [2.24, 2.45) is 11.8 Å². The summed E-state index contributed by atoms with van der Waals surface area (Å²) < 4.78 is 0. The van der Waals surface area contributed by atoms with Gasteiger partial charge in [0.15, 0.2) is 0 Å². The lowest BCUT2D eigenvalue weighted by Crippen LogP contribution is -2.44. The third-order valence-electron chi connectivity index (χ3n) is 4.30. The number of likely N-dealkylation sites (N-methyl/N-ethyl adjacent to an activating group) is 1. The first kappa shape index (κ1) is 17.8. The predicted molar refractivity (Wildman–Crippen MR) is 82.3 cm³/mol. The third-order valence-corrected chi connectivity index (χ3v) is 4.30. The van der Waals surface area contributed by atoms with Crippen LogP contribution in [0.1, 0.15) is 39.5 Å². The van der Waals surface area contributed by atoms with Crippen LogP contribution in [0.3, 0.4) is 0 Å². The van der Waals surface area contributed by atoms with Crippen LogP contribution in [0.25, 0.3) is 0 Å². The molecule has 3 N–H and O–H groups in total. The zero-order valence-corrected chi connectivity index (χ0v) is 13.4. The molecule has 21 heavy (non-hydrogen) atoms. The molecule has 122 valence electrons. The first-order valence-electron chi connectivity index (χ1n) is 7.86. The minimum Gasteiger partial charge on any atom is -0.481 e. The summed E-state index contributed by atoms with van der Waals surface area (Å²) in [6.45, 7) is 5.25. The van der Waals surface area contributed by atoms with Crippen molar-refractivity contribution in [1.29, 1.82) is 0 Å². The lowest BCUT2D eigenvalue weighted by molar-refractivity contribution is -0.142. The number of nitrogens with one attached hydrogen (secondary N) is 2. The molecule has 1 rings (SSSR count). The van der Waals surface area contributed by atoms with Crippen LogP contribution in [-0.4, -0.2) is 54.7 Å². The summed E-state index contributed by atoms with van der Waals surface area (Å²) in [5.41, 5.74) is 0. The number of urea groups is 1. The minimum atomic E-state index is -0.869. The van der Waals surface area contributed by atoms with E-state index in [-0.39, 0.29) is 18.5 Å². The second-order valence-electron chi connectivity index (χ2n) is 6.24. The molecule has 0 aromatic rings. The number of hydrogen-bond acceptors (Lipinski definition) is 3. The van der Waals surface area contributed by atoms with Gasteiger partial charge >= 0.3 is 12.0 Å². The number of hydrogen-bond donors (Lipinski definition) is 3. The Hall–Kier alpha value is -1.30. The van der Waals surface area contributed by atoms with Crippen LogP contribution in [0.5, 0.6) is 0 Å². The summed E-state index contributed by atoms with van der Waals surface area (Å²) in [6, 6.07) is 0.355. The van der Waals surface area contributed by atoms with Crippen LogP contribution in [0.2, 0.25) is 0 Å². The molecule has 1 aliphatic carbocycles. The monoisotopic (exact) mass is 299 g/mol. The van der Waals surface area contributed by atoms with Crippen LogP contribution in [0.15, 0.2) is 0 Å². The molecule has 0 aromatic carbocycles. The quantitative estimate of drug-likeness (QED) is 0.634. The van der Waals surface area contributed by atoms with Crippen LogP contribution in [0, 0.1) is 11.8 Å². The van der Waals surface area contributed by atoms with Crippen molar-refractivity contribution < 1.29 is 14.7 Å². The average Bonchev–Trinajstić information content (AvgIpc) is 2.91. The van der Waals surface area contributed by atoms with E-state index >= 15 is 0 Å². The Bertz CT molecular complexity index is 341. The molecule has 6 nitrogen and oxygen atoms in total. The number of rotatable bonds is 8. The summed E-state index contributed by atoms with van der Waals surface area (Å²) in [6.07, 6.45) is 5.10. The second-order valence-corrected chi connectivity index (χ2v) is 6.24. The smallest absolute Gasteiger partial charge is 0.314 e. The fourth-order valence-corrected chi connectivity index (χ4v) is 2.75. The number of aliphatic carboxylic acids is 1. The van der Waals surface area contributed by atoms with E-state index < -0.39 is 11.9 Å². The first-order valence-corrected chi connectivity index (χ1v) is 7.86. The number of nitrogens with zero attached hydrogens (tertiary/aromatic N) is 1. The molecule has 0 aliphatic heterocycles. The fraction of sp³-hybridized carbons (Fsp3) is 0.867. The van der Waals surface area contributed by atoms with Gasteiger partial charge in [-0.25, -0.2) is 4.79 Å². The summed E-state index contributed by atoms with van der Waals surface area (Å²) in [5.74, 6) is -1.42. The van der Waals surface area contributed by atoms with Crippen molar-refractivity contribution in [3.63, 3.8) is 0 Å². The van der Waals surface area contributed by atoms with Gasteiger partial charge < -0.3 is 20.6 Å². The molecule has 1 fully saturated rings. The molecular weight excluding hydrogens is 270 g/mol. The molecule has 0 bridgehead atoms. The Balaban J connectivity index is 2.17. The number of carbonyl (C=O) groups is 2. The second kappa shape index (κ2) is 8.87. The van der Waals surface area contributed by atoms with Gasteiger partial charge in [0.2, 0.25) is 0 Å². The Morgan fingerprint density at radius 3 is 2.38 bits per heavy atom. The molecule has 0 saturated heterocycles. The topological polar surface area (TPSA) is 81.7 Å². The van der Waals surface area contributed by atoms with E-state index in [0.29, 0.717) is 12.6 Å². The molecule has 0 radical (unpaired) electrons. The Morgan fingerprint density at radius 2 is 1.86 bits per heavy atom. The molecule has 6 heteroatoms. The number of carboxylic acids is 1. The van der Waals surface area contributed by atoms with Gasteiger partial charge in [0.05, 0.1) is 5.92 Å². The lowest BCUT2D eigenvalue weighted by atomic mass is 9.96. The van der Waals surface area contributed by atoms with E-state index in [4.69, 9.17) is 5.11 Å². The highest BCUT2D eigenvalue weighted by Gasteiger charge is 2.22. The molecule has 1 atom stereocenters. The molecule has 0 heterocycles. The highest BCUT2D eigenvalue weighted by molar-refractivity contribution is 5.75. The molecule has 1 aliphatic rings. The standard InChI is InChI=1S/C15H29N3O3/c1-11(2)13(14(19)20)10-17-15(21)16-8-9-18(3)12-6-4-5-7-12/h11-13H,4-10H2,1-3H3,(H,19,20)(H2,16,17,21). The third kappa shape index (κ3) is 6.33. The van der Waals surface area contributed by atoms with Gasteiger partial charge in [-0.2, -0.15) is 0 Å². The molecule has 1 unspecified atom stereocenters. The summed E-state index contributed by atoms with van der Waals surface area (Å²) in [7, 11) is 2.09. The first-order chi connectivity index (χ1) is 9.91. The van der Waals surface area contributed by atoms with Gasteiger partial charge in [-0.1, -0.05) is 26.7 Å². The van der Waals surface area contributed by atoms with Gasteiger partial charge in [0, 0.05) is 25.7 Å². The molecule has 1 saturated carbocycles. The SMILES string of the molecule is CC(C)C(CNC(=O)NCCN(C)C1CCCC1)C(=O)O. The van der Waals surface area contributed by atoms with Gasteiger partial charge in [0.1, 0.15) is 0 Å². The van der Waals surface area contributed by atoms with E-state index in [1.54, 1.807) is 0 Å². The Kier molecular flexibility index (Phi) is 7.50. The van der Waals surface area contributed by atoms with Crippen molar-refractivity contribution in [1.82, 2.24) is 15.5 Å². The van der Waals surface area contributed by atoms with Crippen LogP contribution >= 0.6 is 0 Å². The van der Waals surface area contributed by atoms with E-state index in [9.17, 15) is 9.59 Å². The summed E-state index contributed by atoms with van der Waals surface area (Å²) in [4.78, 5) is 25.0. The number of carbonyl (C=O) groups excluding carboxylic acids is 1. The largest absolute Gasteiger partial charge is 0.481 e. The zero-order chi connectivity index (χ0) is 15.8. The van der Waals surface area contributed by atoms with Gasteiger partial charge in [0.25, 0.3) is 0 Å². The van der Waals surface area contributed by atoms with Crippen LogP contribution < -0.4 is 10.6 Å². The summed E-state index contributed by atoms with van der Waals surface area (Å²) in [5, 5.41) is 14.5. The molecule has 0 aromatic heterocycles. The molecule has 2 amide bonds. The van der Waals surface area contributed by atoms with E-state index in [1.165, 1.54) is 25.7 Å². The number of carboxylic acid groups (broad SMARTS) is 1. The van der Waals surface area contributed by atoms with Crippen molar-refractivity contribution in [3.05, 3.63) is 0 Å².